The third-order valence-electron chi connectivity index (χ3n) is 2.16. The van der Waals surface area contributed by atoms with Crippen molar-refractivity contribution in [2.24, 2.45) is 11.7 Å². The molecule has 1 rings (SSSR count). The van der Waals surface area contributed by atoms with Crippen LogP contribution < -0.4 is 11.1 Å². The highest BCUT2D eigenvalue weighted by Gasteiger charge is 2.14. The summed E-state index contributed by atoms with van der Waals surface area (Å²) >= 11 is 4.73. The van der Waals surface area contributed by atoms with Crippen molar-refractivity contribution in [1.82, 2.24) is 20.3 Å². The summed E-state index contributed by atoms with van der Waals surface area (Å²) in [4.78, 5) is 11.6. The Kier molecular flexibility index (Phi) is 4.84. The van der Waals surface area contributed by atoms with E-state index < -0.39 is 5.92 Å². The van der Waals surface area contributed by atoms with E-state index in [9.17, 15) is 4.79 Å². The highest BCUT2D eigenvalue weighted by molar-refractivity contribution is 7.80. The Bertz CT molecular complexity index is 351. The van der Waals surface area contributed by atoms with Gasteiger partial charge >= 0.3 is 0 Å². The summed E-state index contributed by atoms with van der Waals surface area (Å²) < 4.78 is 1.71. The average Bonchev–Trinajstić information content (AvgIpc) is 2.75. The molecule has 16 heavy (non-hydrogen) atoms. The van der Waals surface area contributed by atoms with Gasteiger partial charge in [-0.1, -0.05) is 17.4 Å². The molecule has 3 N–H and O–H groups in total. The number of amides is 1. The largest absolute Gasteiger partial charge is 0.393 e. The molecular formula is C9H15N5OS. The fourth-order valence-corrected chi connectivity index (χ4v) is 1.19. The van der Waals surface area contributed by atoms with Gasteiger partial charge in [0.2, 0.25) is 5.91 Å². The molecule has 0 radical (unpaired) electrons. The molecule has 0 aliphatic rings. The second-order valence-corrected chi connectivity index (χ2v) is 3.91. The first-order valence-electron chi connectivity index (χ1n) is 5.02. The van der Waals surface area contributed by atoms with Crippen molar-refractivity contribution in [1.29, 1.82) is 0 Å². The Morgan fingerprint density at radius 2 is 2.44 bits per heavy atom. The lowest BCUT2D eigenvalue weighted by atomic mass is 10.1. The number of carbonyl (C=O) groups excluding carboxylic acids is 1. The number of nitrogens with zero attached hydrogens (tertiary/aromatic N) is 3. The minimum Gasteiger partial charge on any atom is -0.393 e. The molecule has 0 aliphatic heterocycles. The average molecular weight is 241 g/mol. The maximum Gasteiger partial charge on any atom is 0.229 e. The van der Waals surface area contributed by atoms with Gasteiger partial charge in [-0.3, -0.25) is 9.48 Å². The van der Waals surface area contributed by atoms with E-state index in [1.807, 2.05) is 0 Å². The summed E-state index contributed by atoms with van der Waals surface area (Å²) in [5.41, 5.74) is 5.37. The van der Waals surface area contributed by atoms with E-state index in [-0.39, 0.29) is 10.9 Å². The fraction of sp³-hybridized carbons (Fsp3) is 0.556. The molecular weight excluding hydrogens is 226 g/mol. The lowest BCUT2D eigenvalue weighted by Crippen LogP contribution is -2.36. The fourth-order valence-electron chi connectivity index (χ4n) is 1.09. The number of rotatable bonds is 6. The Morgan fingerprint density at radius 3 is 3.00 bits per heavy atom. The molecule has 0 spiro atoms. The van der Waals surface area contributed by atoms with Gasteiger partial charge in [0, 0.05) is 19.3 Å². The van der Waals surface area contributed by atoms with Crippen LogP contribution >= 0.6 is 12.2 Å². The molecule has 1 aromatic heterocycles. The van der Waals surface area contributed by atoms with Crippen molar-refractivity contribution in [2.75, 3.05) is 6.54 Å². The highest BCUT2D eigenvalue weighted by atomic mass is 32.1. The third kappa shape index (κ3) is 3.93. The second-order valence-electron chi connectivity index (χ2n) is 3.43. The number of hydrogen-bond donors (Lipinski definition) is 2. The van der Waals surface area contributed by atoms with E-state index in [4.69, 9.17) is 18.0 Å². The molecule has 0 bridgehead atoms. The van der Waals surface area contributed by atoms with Gasteiger partial charge in [0.15, 0.2) is 0 Å². The lowest BCUT2D eigenvalue weighted by Gasteiger charge is -2.10. The summed E-state index contributed by atoms with van der Waals surface area (Å²) in [6, 6.07) is 0. The van der Waals surface area contributed by atoms with Gasteiger partial charge in [0.05, 0.1) is 17.1 Å². The van der Waals surface area contributed by atoms with Gasteiger partial charge in [-0.15, -0.1) is 5.10 Å². The van der Waals surface area contributed by atoms with E-state index in [0.717, 1.165) is 13.0 Å². The first kappa shape index (κ1) is 12.6. The monoisotopic (exact) mass is 241 g/mol. The van der Waals surface area contributed by atoms with Crippen LogP contribution in [0.5, 0.6) is 0 Å². The van der Waals surface area contributed by atoms with E-state index in [1.165, 1.54) is 0 Å². The van der Waals surface area contributed by atoms with E-state index in [2.05, 4.69) is 15.6 Å². The third-order valence-corrected chi connectivity index (χ3v) is 2.51. The lowest BCUT2D eigenvalue weighted by molar-refractivity contribution is -0.122. The van der Waals surface area contributed by atoms with Gasteiger partial charge in [-0.2, -0.15) is 0 Å². The molecule has 1 unspecified atom stereocenters. The van der Waals surface area contributed by atoms with Crippen LogP contribution in [-0.2, 0) is 11.3 Å². The Morgan fingerprint density at radius 1 is 1.69 bits per heavy atom. The maximum absolute atomic E-state index is 11.4. The number of nitrogens with one attached hydrogen (secondary N) is 1. The standard InChI is InChI=1S/C9H15N5OS/c1-7(8(10)16)9(15)11-3-2-5-14-6-4-12-13-14/h4,6-7H,2-3,5H2,1H3,(H2,10,16)(H,11,15). The van der Waals surface area contributed by atoms with Crippen LogP contribution in [0.15, 0.2) is 12.4 Å². The number of aryl methyl sites for hydroxylation is 1. The van der Waals surface area contributed by atoms with Crippen molar-refractivity contribution in [3.05, 3.63) is 12.4 Å². The number of hydrogen-bond acceptors (Lipinski definition) is 4. The van der Waals surface area contributed by atoms with Gasteiger partial charge in [-0.25, -0.2) is 0 Å². The predicted molar refractivity (Wildman–Crippen MR) is 63.6 cm³/mol. The zero-order valence-corrected chi connectivity index (χ0v) is 9.91. The zero-order valence-electron chi connectivity index (χ0n) is 9.09. The van der Waals surface area contributed by atoms with E-state index in [1.54, 1.807) is 24.0 Å². The summed E-state index contributed by atoms with van der Waals surface area (Å²) in [7, 11) is 0. The Hall–Kier alpha value is -1.50. The molecule has 0 aromatic carbocycles. The number of thiocarbonyl (C=S) groups is 1. The summed E-state index contributed by atoms with van der Waals surface area (Å²) in [6.45, 7) is 2.99. The van der Waals surface area contributed by atoms with Crippen molar-refractivity contribution in [3.8, 4) is 0 Å². The van der Waals surface area contributed by atoms with Crippen LogP contribution in [0.4, 0.5) is 0 Å². The molecule has 88 valence electrons. The van der Waals surface area contributed by atoms with Crippen LogP contribution in [0.25, 0.3) is 0 Å². The SMILES string of the molecule is CC(C(=O)NCCCn1ccnn1)C(N)=S. The molecule has 6 nitrogen and oxygen atoms in total. The molecule has 1 aromatic rings. The first-order chi connectivity index (χ1) is 7.61. The van der Waals surface area contributed by atoms with E-state index in [0.29, 0.717) is 6.54 Å². The normalized spacial score (nSPS) is 12.1. The molecule has 0 aliphatic carbocycles. The summed E-state index contributed by atoms with van der Waals surface area (Å²) in [5, 5.41) is 10.2. The van der Waals surface area contributed by atoms with Crippen LogP contribution in [-0.4, -0.2) is 32.4 Å². The minimum absolute atomic E-state index is 0.133. The quantitative estimate of drug-likeness (QED) is 0.528. The topological polar surface area (TPSA) is 85.8 Å². The molecule has 7 heteroatoms. The summed E-state index contributed by atoms with van der Waals surface area (Å²) in [6.07, 6.45) is 4.19. The van der Waals surface area contributed by atoms with Gasteiger partial charge < -0.3 is 11.1 Å². The second kappa shape index (κ2) is 6.16. The molecule has 0 saturated carbocycles. The smallest absolute Gasteiger partial charge is 0.229 e. The van der Waals surface area contributed by atoms with Crippen molar-refractivity contribution < 1.29 is 4.79 Å². The molecule has 0 fully saturated rings. The Balaban J connectivity index is 2.16. The predicted octanol–water partition coefficient (Wildman–Crippen LogP) is -0.293. The van der Waals surface area contributed by atoms with Gasteiger partial charge in [0.25, 0.3) is 0 Å². The molecule has 1 atom stereocenters. The van der Waals surface area contributed by atoms with Crippen molar-refractivity contribution >= 4 is 23.1 Å². The van der Waals surface area contributed by atoms with Crippen molar-refractivity contribution in [3.63, 3.8) is 0 Å². The number of carbonyl (C=O) groups is 1. The van der Waals surface area contributed by atoms with Crippen LogP contribution in [0.3, 0.4) is 0 Å². The van der Waals surface area contributed by atoms with E-state index >= 15 is 0 Å². The number of aromatic nitrogens is 3. The minimum atomic E-state index is -0.415. The number of nitrogens with two attached hydrogens (primary N) is 1. The van der Waals surface area contributed by atoms with Crippen molar-refractivity contribution in [2.45, 2.75) is 19.9 Å². The molecule has 1 heterocycles. The first-order valence-corrected chi connectivity index (χ1v) is 5.43. The maximum atomic E-state index is 11.4. The van der Waals surface area contributed by atoms with Gasteiger partial charge in [-0.05, 0) is 13.3 Å². The van der Waals surface area contributed by atoms with Crippen LogP contribution in [0.2, 0.25) is 0 Å². The van der Waals surface area contributed by atoms with Crippen LogP contribution in [0.1, 0.15) is 13.3 Å². The molecule has 0 saturated heterocycles. The Labute approximate surface area is 99.2 Å². The van der Waals surface area contributed by atoms with Gasteiger partial charge in [0.1, 0.15) is 0 Å². The highest BCUT2D eigenvalue weighted by Crippen LogP contribution is 1.95. The van der Waals surface area contributed by atoms with Crippen LogP contribution in [0, 0.1) is 5.92 Å². The zero-order chi connectivity index (χ0) is 12.0. The molecule has 1 amide bonds. The summed E-state index contributed by atoms with van der Waals surface area (Å²) in [5.74, 6) is -0.549.